The summed E-state index contributed by atoms with van der Waals surface area (Å²) in [6.07, 6.45) is 2.01. The van der Waals surface area contributed by atoms with Gasteiger partial charge in [-0.3, -0.25) is 0 Å². The van der Waals surface area contributed by atoms with E-state index in [2.05, 4.69) is 20.3 Å². The summed E-state index contributed by atoms with van der Waals surface area (Å²) in [4.78, 5) is 12.0. The van der Waals surface area contributed by atoms with E-state index >= 15 is 0 Å². The van der Waals surface area contributed by atoms with E-state index in [0.29, 0.717) is 0 Å². The molecule has 15 heavy (non-hydrogen) atoms. The van der Waals surface area contributed by atoms with Gasteiger partial charge in [0.05, 0.1) is 11.1 Å². The van der Waals surface area contributed by atoms with Crippen molar-refractivity contribution in [3.8, 4) is 0 Å². The summed E-state index contributed by atoms with van der Waals surface area (Å²) in [5.41, 5.74) is 7.52. The number of rotatable bonds is 2. The highest BCUT2D eigenvalue weighted by molar-refractivity contribution is 5.73. The summed E-state index contributed by atoms with van der Waals surface area (Å²) >= 11 is 0. The molecule has 2 aromatic heterocycles. The number of nitrogens with two attached hydrogens (primary N) is 1. The van der Waals surface area contributed by atoms with Gasteiger partial charge in [0.25, 0.3) is 0 Å². The van der Waals surface area contributed by atoms with Crippen molar-refractivity contribution in [2.24, 2.45) is 5.73 Å². The topological polar surface area (TPSA) is 79.6 Å². The fourth-order valence-electron chi connectivity index (χ4n) is 1.64. The van der Waals surface area contributed by atoms with E-state index in [1.54, 1.807) is 0 Å². The molecule has 1 saturated carbocycles. The van der Waals surface area contributed by atoms with Crippen molar-refractivity contribution >= 4 is 17.0 Å². The molecule has 0 aromatic carbocycles. The molecular weight excluding hydrogens is 190 g/mol. The van der Waals surface area contributed by atoms with Crippen LogP contribution in [0.25, 0.3) is 11.2 Å². The third-order valence-corrected chi connectivity index (χ3v) is 2.86. The predicted molar refractivity (Wildman–Crippen MR) is 58.5 cm³/mol. The highest BCUT2D eigenvalue weighted by atomic mass is 15.1. The van der Waals surface area contributed by atoms with Crippen molar-refractivity contribution in [1.29, 1.82) is 0 Å². The summed E-state index contributed by atoms with van der Waals surface area (Å²) in [5.74, 6) is 1.68. The summed E-state index contributed by atoms with van der Waals surface area (Å²) in [7, 11) is 1.84. The van der Waals surface area contributed by atoms with Crippen LogP contribution >= 0.6 is 0 Å². The first-order chi connectivity index (χ1) is 7.21. The van der Waals surface area contributed by atoms with Crippen LogP contribution in [0.1, 0.15) is 18.7 Å². The van der Waals surface area contributed by atoms with Gasteiger partial charge in [-0.15, -0.1) is 0 Å². The molecule has 1 aliphatic carbocycles. The molecule has 3 rings (SSSR count). The van der Waals surface area contributed by atoms with Gasteiger partial charge < -0.3 is 16.0 Å². The van der Waals surface area contributed by atoms with Gasteiger partial charge >= 0.3 is 0 Å². The zero-order valence-corrected chi connectivity index (χ0v) is 8.54. The number of hydrogen-bond donors (Lipinski definition) is 3. The Hall–Kier alpha value is -1.62. The van der Waals surface area contributed by atoms with Crippen molar-refractivity contribution in [2.45, 2.75) is 18.4 Å². The first-order valence-corrected chi connectivity index (χ1v) is 5.05. The minimum atomic E-state index is -0.222. The molecule has 0 saturated heterocycles. The van der Waals surface area contributed by atoms with Crippen LogP contribution in [0.3, 0.4) is 0 Å². The molecule has 1 fully saturated rings. The van der Waals surface area contributed by atoms with E-state index in [-0.39, 0.29) is 5.54 Å². The largest absolute Gasteiger partial charge is 0.373 e. The number of imidazole rings is 1. The van der Waals surface area contributed by atoms with E-state index in [1.807, 2.05) is 19.2 Å². The fraction of sp³-hybridized carbons (Fsp3) is 0.400. The lowest BCUT2D eigenvalue weighted by molar-refractivity contribution is 0.688. The number of anilines is 1. The maximum Gasteiger partial charge on any atom is 0.179 e. The van der Waals surface area contributed by atoms with Crippen LogP contribution in [0.2, 0.25) is 0 Å². The van der Waals surface area contributed by atoms with Crippen molar-refractivity contribution in [1.82, 2.24) is 15.0 Å². The van der Waals surface area contributed by atoms with Gasteiger partial charge in [-0.05, 0) is 25.0 Å². The maximum atomic E-state index is 6.07. The zero-order chi connectivity index (χ0) is 10.5. The highest BCUT2D eigenvalue weighted by Crippen LogP contribution is 2.41. The van der Waals surface area contributed by atoms with Gasteiger partial charge in [0.15, 0.2) is 5.65 Å². The van der Waals surface area contributed by atoms with E-state index < -0.39 is 0 Å². The van der Waals surface area contributed by atoms with E-state index in [1.165, 1.54) is 0 Å². The Kier molecular flexibility index (Phi) is 1.56. The lowest BCUT2D eigenvalue weighted by Crippen LogP contribution is -2.20. The Morgan fingerprint density at radius 1 is 1.40 bits per heavy atom. The minimum absolute atomic E-state index is 0.222. The standard InChI is InChI=1S/C10H13N5/c1-12-7-3-2-6-8(14-7)15-9(13-6)10(11)4-5-10/h2-3H,4-5,11H2,1H3,(H2,12,13,14,15). The van der Waals surface area contributed by atoms with Crippen LogP contribution in [-0.2, 0) is 5.54 Å². The van der Waals surface area contributed by atoms with E-state index in [0.717, 1.165) is 35.6 Å². The average molecular weight is 203 g/mol. The molecule has 78 valence electrons. The number of aromatic nitrogens is 3. The molecule has 1 aliphatic rings. The van der Waals surface area contributed by atoms with Crippen molar-refractivity contribution < 1.29 is 0 Å². The quantitative estimate of drug-likeness (QED) is 0.678. The third kappa shape index (κ3) is 1.27. The molecular formula is C10H13N5. The Morgan fingerprint density at radius 3 is 2.87 bits per heavy atom. The number of H-pyrrole nitrogens is 1. The fourth-order valence-corrected chi connectivity index (χ4v) is 1.64. The summed E-state index contributed by atoms with van der Waals surface area (Å²) in [6, 6.07) is 3.89. The van der Waals surface area contributed by atoms with Gasteiger partial charge in [0.1, 0.15) is 11.6 Å². The summed E-state index contributed by atoms with van der Waals surface area (Å²) in [6.45, 7) is 0. The van der Waals surface area contributed by atoms with Crippen LogP contribution in [0.4, 0.5) is 5.82 Å². The molecule has 2 heterocycles. The van der Waals surface area contributed by atoms with Gasteiger partial charge in [-0.2, -0.15) is 0 Å². The van der Waals surface area contributed by atoms with E-state index in [9.17, 15) is 0 Å². The highest BCUT2D eigenvalue weighted by Gasteiger charge is 2.43. The van der Waals surface area contributed by atoms with E-state index in [4.69, 9.17) is 5.73 Å². The number of aromatic amines is 1. The lowest BCUT2D eigenvalue weighted by atomic mass is 10.3. The smallest absolute Gasteiger partial charge is 0.179 e. The zero-order valence-electron chi connectivity index (χ0n) is 8.54. The molecule has 0 bridgehead atoms. The molecule has 0 atom stereocenters. The van der Waals surface area contributed by atoms with Gasteiger partial charge in [-0.25, -0.2) is 9.97 Å². The summed E-state index contributed by atoms with van der Waals surface area (Å²) < 4.78 is 0. The van der Waals surface area contributed by atoms with Gasteiger partial charge in [-0.1, -0.05) is 0 Å². The molecule has 0 aliphatic heterocycles. The molecule has 5 nitrogen and oxygen atoms in total. The molecule has 4 N–H and O–H groups in total. The monoisotopic (exact) mass is 203 g/mol. The minimum Gasteiger partial charge on any atom is -0.373 e. The lowest BCUT2D eigenvalue weighted by Gasteiger charge is -2.01. The Balaban J connectivity index is 2.13. The van der Waals surface area contributed by atoms with Crippen LogP contribution in [-0.4, -0.2) is 22.0 Å². The van der Waals surface area contributed by atoms with Crippen LogP contribution in [0.5, 0.6) is 0 Å². The number of nitrogens with one attached hydrogen (secondary N) is 2. The molecule has 0 amide bonds. The second kappa shape index (κ2) is 2.70. The average Bonchev–Trinajstić information content (AvgIpc) is 2.85. The van der Waals surface area contributed by atoms with Crippen molar-refractivity contribution in [3.63, 3.8) is 0 Å². The molecule has 0 unspecified atom stereocenters. The van der Waals surface area contributed by atoms with Crippen molar-refractivity contribution in [2.75, 3.05) is 12.4 Å². The number of hydrogen-bond acceptors (Lipinski definition) is 4. The Bertz CT molecular complexity index is 512. The maximum absolute atomic E-state index is 6.07. The van der Waals surface area contributed by atoms with Gasteiger partial charge in [0, 0.05) is 7.05 Å². The second-order valence-electron chi connectivity index (χ2n) is 4.06. The predicted octanol–water partition coefficient (Wildman–Crippen LogP) is 0.947. The van der Waals surface area contributed by atoms with Crippen LogP contribution < -0.4 is 11.1 Å². The van der Waals surface area contributed by atoms with Crippen molar-refractivity contribution in [3.05, 3.63) is 18.0 Å². The summed E-state index contributed by atoms with van der Waals surface area (Å²) in [5, 5.41) is 2.99. The van der Waals surface area contributed by atoms with Crippen LogP contribution in [0.15, 0.2) is 12.1 Å². The number of nitrogens with zero attached hydrogens (tertiary/aromatic N) is 2. The van der Waals surface area contributed by atoms with Crippen LogP contribution in [0, 0.1) is 0 Å². The first-order valence-electron chi connectivity index (χ1n) is 5.05. The molecule has 0 spiro atoms. The normalized spacial score (nSPS) is 18.0. The Labute approximate surface area is 87.1 Å². The third-order valence-electron chi connectivity index (χ3n) is 2.86. The SMILES string of the molecule is CNc1ccc2[nH]c(C3(N)CC3)nc2n1. The van der Waals surface area contributed by atoms with Gasteiger partial charge in [0.2, 0.25) is 0 Å². The first kappa shape index (κ1) is 8.67. The molecule has 2 aromatic rings. The Morgan fingerprint density at radius 2 is 2.20 bits per heavy atom. The number of pyridine rings is 1. The second-order valence-corrected chi connectivity index (χ2v) is 4.06. The molecule has 5 heteroatoms. The number of fused-ring (bicyclic) bond motifs is 1. The molecule has 0 radical (unpaired) electrons.